The second-order valence-corrected chi connectivity index (χ2v) is 4.11. The maximum atomic E-state index is 11.3. The Bertz CT molecular complexity index is 237. The molecule has 1 fully saturated rings. The maximum absolute atomic E-state index is 11.3. The smallest absolute Gasteiger partial charge is 0.274 e. The number of carbonyl (C=O) groups excluding carboxylic acids is 2. The summed E-state index contributed by atoms with van der Waals surface area (Å²) in [4.78, 5) is 23.8. The molecule has 1 aliphatic heterocycles. The summed E-state index contributed by atoms with van der Waals surface area (Å²) in [5.41, 5.74) is 0.785. The van der Waals surface area contributed by atoms with Crippen LogP contribution in [0.5, 0.6) is 0 Å². The molecule has 0 bridgehead atoms. The Hall–Kier alpha value is -0.420. The van der Waals surface area contributed by atoms with E-state index in [1.54, 1.807) is 0 Å². The monoisotopic (exact) mass is 217 g/mol. The molecule has 0 unspecified atom stereocenters. The lowest BCUT2D eigenvalue weighted by Gasteiger charge is -2.24. The summed E-state index contributed by atoms with van der Waals surface area (Å²) in [7, 11) is 0. The number of hydrogen-bond donors (Lipinski definition) is 1. The first-order chi connectivity index (χ1) is 6.15. The van der Waals surface area contributed by atoms with E-state index >= 15 is 0 Å². The van der Waals surface area contributed by atoms with Crippen molar-refractivity contribution in [2.45, 2.75) is 6.42 Å². The van der Waals surface area contributed by atoms with Gasteiger partial charge in [-0.15, -0.1) is 0 Å². The van der Waals surface area contributed by atoms with Gasteiger partial charge in [0.05, 0.1) is 6.54 Å². The van der Waals surface area contributed by atoms with Crippen LogP contribution >= 0.6 is 24.4 Å². The van der Waals surface area contributed by atoms with Crippen molar-refractivity contribution in [2.75, 3.05) is 18.1 Å². The van der Waals surface area contributed by atoms with Gasteiger partial charge in [0, 0.05) is 17.9 Å². The number of carbonyl (C=O) groups is 2. The fourth-order valence-corrected chi connectivity index (χ4v) is 1.84. The predicted octanol–water partition coefficient (Wildman–Crippen LogP) is 1.56. The highest BCUT2D eigenvalue weighted by Crippen LogP contribution is 2.19. The van der Waals surface area contributed by atoms with E-state index in [1.165, 1.54) is 16.7 Å². The Kier molecular flexibility index (Phi) is 3.87. The van der Waals surface area contributed by atoms with Crippen molar-refractivity contribution >= 4 is 35.5 Å². The lowest BCUT2D eigenvalue weighted by atomic mass is 10.3. The summed E-state index contributed by atoms with van der Waals surface area (Å²) in [6.07, 6.45) is 0.441. The molecular formula is C8H11NO2S2. The van der Waals surface area contributed by atoms with E-state index in [0.717, 1.165) is 5.57 Å². The van der Waals surface area contributed by atoms with E-state index in [-0.39, 0.29) is 11.1 Å². The van der Waals surface area contributed by atoms with Crippen LogP contribution in [-0.2, 0) is 4.79 Å². The van der Waals surface area contributed by atoms with Crippen LogP contribution in [0.3, 0.4) is 0 Å². The molecule has 13 heavy (non-hydrogen) atoms. The van der Waals surface area contributed by atoms with E-state index in [2.05, 4.69) is 19.2 Å². The van der Waals surface area contributed by atoms with Gasteiger partial charge in [0.2, 0.25) is 5.91 Å². The van der Waals surface area contributed by atoms with Crippen molar-refractivity contribution in [2.24, 2.45) is 0 Å². The first-order valence-corrected chi connectivity index (χ1v) is 5.51. The van der Waals surface area contributed by atoms with Gasteiger partial charge in [-0.2, -0.15) is 12.6 Å². The van der Waals surface area contributed by atoms with Gasteiger partial charge in [-0.1, -0.05) is 18.3 Å². The Labute approximate surface area is 87.0 Å². The standard InChI is InChI=1S/C8H11NO2S2/c1-6(5-12)4-9-7(10)2-3-13-8(9)11/h12H,1-5H2. The molecule has 0 aromatic rings. The molecule has 1 saturated heterocycles. The van der Waals surface area contributed by atoms with Crippen LogP contribution in [0.1, 0.15) is 6.42 Å². The second-order valence-electron chi connectivity index (χ2n) is 2.75. The number of amides is 2. The quantitative estimate of drug-likeness (QED) is 0.576. The van der Waals surface area contributed by atoms with Gasteiger partial charge in [-0.05, 0) is 5.57 Å². The van der Waals surface area contributed by atoms with E-state index < -0.39 is 0 Å². The SMILES string of the molecule is C=C(CS)CN1C(=O)CCSC1=O. The molecule has 0 N–H and O–H groups in total. The van der Waals surface area contributed by atoms with Gasteiger partial charge in [0.1, 0.15) is 0 Å². The number of nitrogens with zero attached hydrogens (tertiary/aromatic N) is 1. The number of thiol groups is 1. The fourth-order valence-electron chi connectivity index (χ4n) is 0.967. The summed E-state index contributed by atoms with van der Waals surface area (Å²) >= 11 is 5.20. The first-order valence-electron chi connectivity index (χ1n) is 3.89. The molecule has 2 amide bonds. The molecule has 3 nitrogen and oxygen atoms in total. The van der Waals surface area contributed by atoms with Gasteiger partial charge >= 0.3 is 0 Å². The molecule has 0 aromatic heterocycles. The number of imide groups is 1. The van der Waals surface area contributed by atoms with Crippen LogP contribution in [-0.4, -0.2) is 34.1 Å². The van der Waals surface area contributed by atoms with E-state index in [4.69, 9.17) is 0 Å². The average Bonchev–Trinajstić information content (AvgIpc) is 2.11. The summed E-state index contributed by atoms with van der Waals surface area (Å²) in [6, 6.07) is 0. The summed E-state index contributed by atoms with van der Waals surface area (Å²) in [6.45, 7) is 4.02. The molecule has 0 radical (unpaired) electrons. The van der Waals surface area contributed by atoms with Crippen molar-refractivity contribution in [3.8, 4) is 0 Å². The van der Waals surface area contributed by atoms with Gasteiger partial charge in [-0.25, -0.2) is 0 Å². The minimum absolute atomic E-state index is 0.105. The zero-order chi connectivity index (χ0) is 9.84. The molecular weight excluding hydrogens is 206 g/mol. The van der Waals surface area contributed by atoms with Gasteiger partial charge in [-0.3, -0.25) is 14.5 Å². The van der Waals surface area contributed by atoms with Crippen LogP contribution in [0.15, 0.2) is 12.2 Å². The summed E-state index contributed by atoms with van der Waals surface area (Å²) in [5.74, 6) is 0.996. The Morgan fingerprint density at radius 3 is 2.85 bits per heavy atom. The minimum Gasteiger partial charge on any atom is -0.274 e. The van der Waals surface area contributed by atoms with Crippen molar-refractivity contribution in [3.05, 3.63) is 12.2 Å². The lowest BCUT2D eigenvalue weighted by Crippen LogP contribution is -2.39. The topological polar surface area (TPSA) is 37.4 Å². The predicted molar refractivity (Wildman–Crippen MR) is 57.2 cm³/mol. The molecule has 0 spiro atoms. The van der Waals surface area contributed by atoms with Crippen LogP contribution in [0.25, 0.3) is 0 Å². The molecule has 0 saturated carbocycles. The molecule has 0 aliphatic carbocycles. The largest absolute Gasteiger partial charge is 0.288 e. The second kappa shape index (κ2) is 4.72. The van der Waals surface area contributed by atoms with Crippen LogP contribution in [0.2, 0.25) is 0 Å². The molecule has 1 aliphatic rings. The molecule has 0 atom stereocenters. The Balaban J connectivity index is 2.59. The number of rotatable bonds is 3. The zero-order valence-electron chi connectivity index (χ0n) is 7.15. The van der Waals surface area contributed by atoms with Gasteiger partial charge in [0.25, 0.3) is 5.24 Å². The van der Waals surface area contributed by atoms with Crippen molar-refractivity contribution in [1.29, 1.82) is 0 Å². The molecule has 1 rings (SSSR count). The fraction of sp³-hybridized carbons (Fsp3) is 0.500. The third-order valence-corrected chi connectivity index (χ3v) is 2.99. The minimum atomic E-state index is -0.167. The van der Waals surface area contributed by atoms with E-state index in [1.807, 2.05) is 0 Å². The molecule has 1 heterocycles. The van der Waals surface area contributed by atoms with E-state index in [0.29, 0.717) is 24.5 Å². The highest BCUT2D eigenvalue weighted by atomic mass is 32.2. The highest BCUT2D eigenvalue weighted by molar-refractivity contribution is 8.13. The van der Waals surface area contributed by atoms with Crippen LogP contribution in [0.4, 0.5) is 4.79 Å². The maximum Gasteiger partial charge on any atom is 0.288 e. The van der Waals surface area contributed by atoms with Crippen molar-refractivity contribution < 1.29 is 9.59 Å². The molecule has 72 valence electrons. The Morgan fingerprint density at radius 1 is 1.62 bits per heavy atom. The van der Waals surface area contributed by atoms with E-state index in [9.17, 15) is 9.59 Å². The first kappa shape index (κ1) is 10.7. The van der Waals surface area contributed by atoms with Crippen molar-refractivity contribution in [3.63, 3.8) is 0 Å². The number of thioether (sulfide) groups is 1. The molecule has 5 heteroatoms. The normalized spacial score (nSPS) is 17.8. The Morgan fingerprint density at radius 2 is 2.31 bits per heavy atom. The molecule has 0 aromatic carbocycles. The zero-order valence-corrected chi connectivity index (χ0v) is 8.87. The third kappa shape index (κ3) is 2.77. The van der Waals surface area contributed by atoms with Gasteiger partial charge in [0.15, 0.2) is 0 Å². The van der Waals surface area contributed by atoms with Gasteiger partial charge < -0.3 is 0 Å². The summed E-state index contributed by atoms with van der Waals surface area (Å²) < 4.78 is 0. The third-order valence-electron chi connectivity index (χ3n) is 1.67. The lowest BCUT2D eigenvalue weighted by molar-refractivity contribution is -0.127. The summed E-state index contributed by atoms with van der Waals surface area (Å²) in [5, 5.41) is -0.167. The highest BCUT2D eigenvalue weighted by Gasteiger charge is 2.26. The van der Waals surface area contributed by atoms with Crippen LogP contribution < -0.4 is 0 Å². The van der Waals surface area contributed by atoms with Crippen molar-refractivity contribution in [1.82, 2.24) is 4.90 Å². The number of hydrogen-bond acceptors (Lipinski definition) is 4. The van der Waals surface area contributed by atoms with Crippen LogP contribution in [0, 0.1) is 0 Å². The average molecular weight is 217 g/mol.